The van der Waals surface area contributed by atoms with Gasteiger partial charge in [0, 0.05) is 37.8 Å². The lowest BCUT2D eigenvalue weighted by Gasteiger charge is -2.34. The topological polar surface area (TPSA) is 61.6 Å². The molecule has 0 atom stereocenters. The van der Waals surface area contributed by atoms with Crippen LogP contribution in [0.25, 0.3) is 0 Å². The lowest BCUT2D eigenvalue weighted by atomic mass is 10.0. The second-order valence-corrected chi connectivity index (χ2v) is 6.51. The first-order valence-electron chi connectivity index (χ1n) is 8.83. The Bertz CT molecular complexity index is 711. The standard InChI is InChI=1S/C19H26N4O2.ClH/c1-15-13-17(25-21-15)14-22-9-11-23(12-10-22)19(24)18-6-4-3-5-16(18)7-8-20-2;/h3-6,13,20H,7-12,14H2,1-2H3;1H. The zero-order valence-corrected chi connectivity index (χ0v) is 16.2. The summed E-state index contributed by atoms with van der Waals surface area (Å²) in [5.41, 5.74) is 2.85. The van der Waals surface area contributed by atoms with Gasteiger partial charge in [0.25, 0.3) is 5.91 Å². The van der Waals surface area contributed by atoms with Crippen LogP contribution in [0.4, 0.5) is 0 Å². The van der Waals surface area contributed by atoms with Crippen molar-refractivity contribution in [3.05, 3.63) is 52.9 Å². The Hall–Kier alpha value is -1.89. The van der Waals surface area contributed by atoms with E-state index in [2.05, 4.69) is 15.4 Å². The number of rotatable bonds is 6. The van der Waals surface area contributed by atoms with Crippen molar-refractivity contribution in [2.75, 3.05) is 39.8 Å². The molecule has 0 spiro atoms. The molecule has 3 rings (SSSR count). The molecule has 0 bridgehead atoms. The molecule has 1 aliphatic heterocycles. The number of halogens is 1. The fraction of sp³-hybridized carbons (Fsp3) is 0.474. The summed E-state index contributed by atoms with van der Waals surface area (Å²) in [6.45, 7) is 6.73. The van der Waals surface area contributed by atoms with Gasteiger partial charge in [-0.25, -0.2) is 0 Å². The lowest BCUT2D eigenvalue weighted by molar-refractivity contribution is 0.0616. The number of aryl methyl sites for hydroxylation is 1. The minimum absolute atomic E-state index is 0. The quantitative estimate of drug-likeness (QED) is 0.834. The third-order valence-electron chi connectivity index (χ3n) is 4.61. The van der Waals surface area contributed by atoms with Crippen molar-refractivity contribution in [1.29, 1.82) is 0 Å². The van der Waals surface area contributed by atoms with Crippen LogP contribution in [0.2, 0.25) is 0 Å². The summed E-state index contributed by atoms with van der Waals surface area (Å²) in [5.74, 6) is 1.02. The van der Waals surface area contributed by atoms with E-state index in [9.17, 15) is 4.79 Å². The first kappa shape index (κ1) is 20.4. The third kappa shape index (κ3) is 5.06. The number of carbonyl (C=O) groups is 1. The van der Waals surface area contributed by atoms with Gasteiger partial charge in [0.05, 0.1) is 12.2 Å². The van der Waals surface area contributed by atoms with Crippen molar-refractivity contribution in [1.82, 2.24) is 20.3 Å². The number of piperazine rings is 1. The van der Waals surface area contributed by atoms with Gasteiger partial charge in [-0.05, 0) is 38.6 Å². The van der Waals surface area contributed by atoms with Crippen molar-refractivity contribution in [2.45, 2.75) is 19.9 Å². The fourth-order valence-corrected chi connectivity index (χ4v) is 3.20. The number of aromatic nitrogens is 1. The molecule has 1 saturated heterocycles. The molecule has 1 amide bonds. The van der Waals surface area contributed by atoms with E-state index in [0.29, 0.717) is 0 Å². The van der Waals surface area contributed by atoms with Crippen LogP contribution in [0.1, 0.15) is 27.4 Å². The van der Waals surface area contributed by atoms with Crippen LogP contribution in [0.3, 0.4) is 0 Å². The summed E-state index contributed by atoms with van der Waals surface area (Å²) >= 11 is 0. The molecule has 2 heterocycles. The van der Waals surface area contributed by atoms with E-state index < -0.39 is 0 Å². The van der Waals surface area contributed by atoms with Crippen molar-refractivity contribution in [3.8, 4) is 0 Å². The van der Waals surface area contributed by atoms with Gasteiger partial charge in [-0.15, -0.1) is 12.4 Å². The minimum atomic E-state index is 0. The van der Waals surface area contributed by atoms with E-state index in [1.807, 2.05) is 49.2 Å². The maximum Gasteiger partial charge on any atom is 0.254 e. The van der Waals surface area contributed by atoms with E-state index in [4.69, 9.17) is 4.52 Å². The highest BCUT2D eigenvalue weighted by molar-refractivity contribution is 5.95. The SMILES string of the molecule is CNCCc1ccccc1C(=O)N1CCN(Cc2cc(C)no2)CC1.Cl. The number of amides is 1. The molecule has 1 fully saturated rings. The maximum absolute atomic E-state index is 12.9. The maximum atomic E-state index is 12.9. The molecular weight excluding hydrogens is 352 g/mol. The van der Waals surface area contributed by atoms with Gasteiger partial charge in [-0.2, -0.15) is 0 Å². The first-order chi connectivity index (χ1) is 12.2. The van der Waals surface area contributed by atoms with E-state index in [1.165, 1.54) is 0 Å². The number of carbonyl (C=O) groups excluding carboxylic acids is 1. The smallest absolute Gasteiger partial charge is 0.254 e. The Balaban J connectivity index is 0.00000243. The fourth-order valence-electron chi connectivity index (χ4n) is 3.20. The van der Waals surface area contributed by atoms with Gasteiger partial charge in [-0.3, -0.25) is 9.69 Å². The molecule has 1 N–H and O–H groups in total. The average Bonchev–Trinajstić information content (AvgIpc) is 3.05. The number of nitrogens with zero attached hydrogens (tertiary/aromatic N) is 3. The van der Waals surface area contributed by atoms with Crippen LogP contribution in [0.15, 0.2) is 34.9 Å². The van der Waals surface area contributed by atoms with Gasteiger partial charge in [0.2, 0.25) is 0 Å². The Morgan fingerprint density at radius 3 is 2.62 bits per heavy atom. The zero-order valence-electron chi connectivity index (χ0n) is 15.4. The highest BCUT2D eigenvalue weighted by Crippen LogP contribution is 2.15. The summed E-state index contributed by atoms with van der Waals surface area (Å²) in [6.07, 6.45) is 0.864. The van der Waals surface area contributed by atoms with Crippen LogP contribution >= 0.6 is 12.4 Å². The third-order valence-corrected chi connectivity index (χ3v) is 4.61. The molecule has 7 heteroatoms. The van der Waals surface area contributed by atoms with Gasteiger partial charge >= 0.3 is 0 Å². The van der Waals surface area contributed by atoms with E-state index in [0.717, 1.165) is 68.3 Å². The largest absolute Gasteiger partial charge is 0.360 e. The minimum Gasteiger partial charge on any atom is -0.360 e. The summed E-state index contributed by atoms with van der Waals surface area (Å²) in [6, 6.07) is 9.90. The molecule has 0 aliphatic carbocycles. The van der Waals surface area contributed by atoms with Crippen molar-refractivity contribution in [3.63, 3.8) is 0 Å². The molecule has 1 aliphatic rings. The van der Waals surface area contributed by atoms with Gasteiger partial charge in [0.15, 0.2) is 5.76 Å². The number of benzene rings is 1. The van der Waals surface area contributed by atoms with Crippen molar-refractivity contribution < 1.29 is 9.32 Å². The van der Waals surface area contributed by atoms with Crippen molar-refractivity contribution in [2.24, 2.45) is 0 Å². The van der Waals surface area contributed by atoms with Gasteiger partial charge < -0.3 is 14.7 Å². The van der Waals surface area contributed by atoms with Crippen LogP contribution in [0, 0.1) is 6.92 Å². The van der Waals surface area contributed by atoms with E-state index in [1.54, 1.807) is 0 Å². The molecule has 1 aromatic heterocycles. The molecular formula is C19H27ClN4O2. The molecule has 6 nitrogen and oxygen atoms in total. The summed E-state index contributed by atoms with van der Waals surface area (Å²) in [4.78, 5) is 17.2. The molecule has 1 aromatic carbocycles. The second kappa shape index (κ2) is 9.71. The predicted octanol–water partition coefficient (Wildman–Crippen LogP) is 2.12. The summed E-state index contributed by atoms with van der Waals surface area (Å²) in [5, 5.41) is 7.07. The van der Waals surface area contributed by atoms with Crippen molar-refractivity contribution >= 4 is 18.3 Å². The Kier molecular flexibility index (Phi) is 7.63. The van der Waals surface area contributed by atoms with Crippen LogP contribution < -0.4 is 5.32 Å². The second-order valence-electron chi connectivity index (χ2n) is 6.51. The molecule has 0 saturated carbocycles. The van der Waals surface area contributed by atoms with Gasteiger partial charge in [0.1, 0.15) is 0 Å². The number of nitrogens with one attached hydrogen (secondary N) is 1. The average molecular weight is 379 g/mol. The van der Waals surface area contributed by atoms with Crippen LogP contribution in [-0.2, 0) is 13.0 Å². The van der Waals surface area contributed by atoms with E-state index >= 15 is 0 Å². The molecule has 0 unspecified atom stereocenters. The Labute approximate surface area is 160 Å². The molecule has 0 radical (unpaired) electrons. The predicted molar refractivity (Wildman–Crippen MR) is 104 cm³/mol. The highest BCUT2D eigenvalue weighted by Gasteiger charge is 2.24. The van der Waals surface area contributed by atoms with E-state index in [-0.39, 0.29) is 18.3 Å². The zero-order chi connectivity index (χ0) is 17.6. The molecule has 2 aromatic rings. The number of likely N-dealkylation sites (N-methyl/N-ethyl adjacent to an activating group) is 1. The summed E-state index contributed by atoms with van der Waals surface area (Å²) in [7, 11) is 1.93. The van der Waals surface area contributed by atoms with Crippen LogP contribution in [-0.4, -0.2) is 60.6 Å². The molecule has 26 heavy (non-hydrogen) atoms. The number of hydrogen-bond acceptors (Lipinski definition) is 5. The lowest BCUT2D eigenvalue weighted by Crippen LogP contribution is -2.48. The highest BCUT2D eigenvalue weighted by atomic mass is 35.5. The molecule has 142 valence electrons. The normalized spacial score (nSPS) is 14.9. The number of hydrogen-bond donors (Lipinski definition) is 1. The first-order valence-corrected chi connectivity index (χ1v) is 8.83. The van der Waals surface area contributed by atoms with Gasteiger partial charge in [-0.1, -0.05) is 23.4 Å². The monoisotopic (exact) mass is 378 g/mol. The Morgan fingerprint density at radius 2 is 1.96 bits per heavy atom. The van der Waals surface area contributed by atoms with Crippen LogP contribution in [0.5, 0.6) is 0 Å². The Morgan fingerprint density at radius 1 is 1.23 bits per heavy atom. The summed E-state index contributed by atoms with van der Waals surface area (Å²) < 4.78 is 5.29.